The zero-order valence-corrected chi connectivity index (χ0v) is 11.9. The summed E-state index contributed by atoms with van der Waals surface area (Å²) in [7, 11) is -3.38. The largest absolute Gasteiger partial charge is 0.392 e. The van der Waals surface area contributed by atoms with Gasteiger partial charge in [-0.1, -0.05) is 44.8 Å². The summed E-state index contributed by atoms with van der Waals surface area (Å²) in [4.78, 5) is 0.0564. The van der Waals surface area contributed by atoms with E-state index in [1.807, 2.05) is 0 Å². The van der Waals surface area contributed by atoms with Crippen LogP contribution in [0.5, 0.6) is 0 Å². The van der Waals surface area contributed by atoms with Gasteiger partial charge in [0.2, 0.25) is 10.0 Å². The Hall–Kier alpha value is -0.200. The van der Waals surface area contributed by atoms with Crippen LogP contribution in [0.1, 0.15) is 45.4 Å². The molecular weight excluding hydrogens is 256 g/mol. The summed E-state index contributed by atoms with van der Waals surface area (Å²) >= 11 is 4.78. The van der Waals surface area contributed by atoms with Crippen molar-refractivity contribution in [2.45, 2.75) is 50.7 Å². The molecule has 17 heavy (non-hydrogen) atoms. The second kappa shape index (κ2) is 6.66. The summed E-state index contributed by atoms with van der Waals surface area (Å²) in [5.74, 6) is 0.683. The Labute approximate surface area is 109 Å². The van der Waals surface area contributed by atoms with Crippen LogP contribution in [-0.2, 0) is 10.0 Å². The fourth-order valence-corrected chi connectivity index (χ4v) is 4.27. The predicted octanol–water partition coefficient (Wildman–Crippen LogP) is 1.55. The second-order valence-electron chi connectivity index (χ2n) is 4.68. The van der Waals surface area contributed by atoms with Crippen LogP contribution in [0.25, 0.3) is 0 Å². The highest BCUT2D eigenvalue weighted by molar-refractivity contribution is 7.93. The Bertz CT molecular complexity index is 348. The topological polar surface area (TPSA) is 72.2 Å². The van der Waals surface area contributed by atoms with E-state index < -0.39 is 15.3 Å². The molecule has 6 heteroatoms. The Balaban J connectivity index is 2.40. The van der Waals surface area contributed by atoms with Crippen LogP contribution < -0.4 is 10.5 Å². The summed E-state index contributed by atoms with van der Waals surface area (Å²) in [5.41, 5.74) is 5.44. The summed E-state index contributed by atoms with van der Waals surface area (Å²) in [5, 5.41) is -0.735. The van der Waals surface area contributed by atoms with E-state index in [4.69, 9.17) is 18.0 Å². The summed E-state index contributed by atoms with van der Waals surface area (Å²) in [6.07, 6.45) is 6.37. The molecule has 1 rings (SSSR count). The highest BCUT2D eigenvalue weighted by Gasteiger charge is 2.26. The highest BCUT2D eigenvalue weighted by atomic mass is 32.2. The van der Waals surface area contributed by atoms with Crippen LogP contribution in [0.4, 0.5) is 0 Å². The van der Waals surface area contributed by atoms with E-state index in [9.17, 15) is 8.42 Å². The summed E-state index contributed by atoms with van der Waals surface area (Å²) < 4.78 is 26.4. The number of rotatable bonds is 7. The van der Waals surface area contributed by atoms with Gasteiger partial charge in [-0.2, -0.15) is 0 Å². The molecule has 1 atom stereocenters. The van der Waals surface area contributed by atoms with Gasteiger partial charge in [-0.25, -0.2) is 13.1 Å². The Morgan fingerprint density at radius 3 is 2.53 bits per heavy atom. The van der Waals surface area contributed by atoms with E-state index in [0.29, 0.717) is 18.9 Å². The SMILES string of the molecule is CCC(C(N)=S)S(=O)(=O)NCCC1CCCC1. The van der Waals surface area contributed by atoms with E-state index in [1.54, 1.807) is 6.92 Å². The molecule has 0 aliphatic heterocycles. The molecular formula is C11H22N2O2S2. The van der Waals surface area contributed by atoms with Crippen molar-refractivity contribution < 1.29 is 8.42 Å². The fourth-order valence-electron chi connectivity index (χ4n) is 2.38. The lowest BCUT2D eigenvalue weighted by Crippen LogP contribution is -2.42. The smallest absolute Gasteiger partial charge is 0.220 e. The van der Waals surface area contributed by atoms with Gasteiger partial charge in [0.25, 0.3) is 0 Å². The van der Waals surface area contributed by atoms with Crippen LogP contribution in [0.15, 0.2) is 0 Å². The molecule has 3 N–H and O–H groups in total. The molecule has 0 saturated heterocycles. The average molecular weight is 278 g/mol. The van der Waals surface area contributed by atoms with E-state index >= 15 is 0 Å². The normalized spacial score (nSPS) is 19.4. The third-order valence-corrected chi connectivity index (χ3v) is 5.77. The van der Waals surface area contributed by atoms with Crippen LogP contribution in [0, 0.1) is 5.92 Å². The second-order valence-corrected chi connectivity index (χ2v) is 7.10. The lowest BCUT2D eigenvalue weighted by Gasteiger charge is -2.16. The monoisotopic (exact) mass is 278 g/mol. The third kappa shape index (κ3) is 4.52. The number of thiocarbonyl (C=S) groups is 1. The standard InChI is InChI=1S/C11H22N2O2S2/c1-2-10(11(12)16)17(14,15)13-8-7-9-5-3-4-6-9/h9-10,13H,2-8H2,1H3,(H2,12,16). The number of hydrogen-bond acceptors (Lipinski definition) is 3. The Morgan fingerprint density at radius 2 is 2.06 bits per heavy atom. The molecule has 0 aromatic heterocycles. The highest BCUT2D eigenvalue weighted by Crippen LogP contribution is 2.27. The van der Waals surface area contributed by atoms with Crippen molar-refractivity contribution in [2.24, 2.45) is 11.7 Å². The Kier molecular flexibility index (Phi) is 5.82. The molecule has 1 fully saturated rings. The summed E-state index contributed by atoms with van der Waals surface area (Å²) in [6, 6.07) is 0. The van der Waals surface area contributed by atoms with Crippen molar-refractivity contribution in [3.8, 4) is 0 Å². The predicted molar refractivity (Wildman–Crippen MR) is 74.4 cm³/mol. The van der Waals surface area contributed by atoms with Gasteiger partial charge in [0.15, 0.2) is 0 Å². The first-order valence-electron chi connectivity index (χ1n) is 6.25. The van der Waals surface area contributed by atoms with Gasteiger partial charge in [0.1, 0.15) is 5.25 Å². The molecule has 100 valence electrons. The number of sulfonamides is 1. The van der Waals surface area contributed by atoms with Gasteiger partial charge >= 0.3 is 0 Å². The zero-order valence-electron chi connectivity index (χ0n) is 10.3. The van der Waals surface area contributed by atoms with Crippen LogP contribution >= 0.6 is 12.2 Å². The average Bonchev–Trinajstić information content (AvgIpc) is 2.69. The molecule has 0 spiro atoms. The molecule has 0 amide bonds. The van der Waals surface area contributed by atoms with E-state index in [-0.39, 0.29) is 4.99 Å². The van der Waals surface area contributed by atoms with Gasteiger partial charge in [-0.15, -0.1) is 0 Å². The Morgan fingerprint density at radius 1 is 1.47 bits per heavy atom. The van der Waals surface area contributed by atoms with Crippen molar-refractivity contribution in [3.05, 3.63) is 0 Å². The molecule has 0 aromatic carbocycles. The molecule has 1 unspecified atom stereocenters. The first-order valence-corrected chi connectivity index (χ1v) is 8.20. The molecule has 1 saturated carbocycles. The number of nitrogens with two attached hydrogens (primary N) is 1. The third-order valence-electron chi connectivity index (χ3n) is 3.39. The van der Waals surface area contributed by atoms with E-state index in [0.717, 1.165) is 6.42 Å². The van der Waals surface area contributed by atoms with Gasteiger partial charge in [0, 0.05) is 6.54 Å². The van der Waals surface area contributed by atoms with Crippen LogP contribution in [0.2, 0.25) is 0 Å². The van der Waals surface area contributed by atoms with Crippen molar-refractivity contribution in [1.29, 1.82) is 0 Å². The van der Waals surface area contributed by atoms with Gasteiger partial charge in [-0.3, -0.25) is 0 Å². The van der Waals surface area contributed by atoms with Crippen molar-refractivity contribution in [1.82, 2.24) is 4.72 Å². The van der Waals surface area contributed by atoms with Crippen LogP contribution in [0.3, 0.4) is 0 Å². The molecule has 0 aromatic rings. The van der Waals surface area contributed by atoms with Crippen molar-refractivity contribution in [2.75, 3.05) is 6.54 Å². The maximum absolute atomic E-state index is 11.9. The molecule has 1 aliphatic carbocycles. The minimum atomic E-state index is -3.38. The molecule has 0 heterocycles. The first-order chi connectivity index (χ1) is 7.97. The van der Waals surface area contributed by atoms with Crippen LogP contribution in [-0.4, -0.2) is 25.2 Å². The number of hydrogen-bond donors (Lipinski definition) is 2. The lowest BCUT2D eigenvalue weighted by atomic mass is 10.1. The van der Waals surface area contributed by atoms with Gasteiger partial charge in [0.05, 0.1) is 4.99 Å². The van der Waals surface area contributed by atoms with E-state index in [1.165, 1.54) is 25.7 Å². The minimum Gasteiger partial charge on any atom is -0.392 e. The maximum atomic E-state index is 11.9. The van der Waals surface area contributed by atoms with Crippen molar-refractivity contribution >= 4 is 27.2 Å². The zero-order chi connectivity index (χ0) is 12.9. The van der Waals surface area contributed by atoms with Gasteiger partial charge in [-0.05, 0) is 18.8 Å². The molecule has 1 aliphatic rings. The summed E-state index contributed by atoms with van der Waals surface area (Å²) in [6.45, 7) is 2.28. The maximum Gasteiger partial charge on any atom is 0.220 e. The quantitative estimate of drug-likeness (QED) is 0.693. The molecule has 0 bridgehead atoms. The first kappa shape index (κ1) is 14.9. The molecule has 0 radical (unpaired) electrons. The van der Waals surface area contributed by atoms with E-state index in [2.05, 4.69) is 4.72 Å². The lowest BCUT2D eigenvalue weighted by molar-refractivity contribution is 0.494. The van der Waals surface area contributed by atoms with Crippen molar-refractivity contribution in [3.63, 3.8) is 0 Å². The minimum absolute atomic E-state index is 0.0564. The van der Waals surface area contributed by atoms with Gasteiger partial charge < -0.3 is 5.73 Å². The fraction of sp³-hybridized carbons (Fsp3) is 0.909. The molecule has 4 nitrogen and oxygen atoms in total. The number of nitrogens with one attached hydrogen (secondary N) is 1.